The number of rotatable bonds is 6. The molecule has 2 atom stereocenters. The van der Waals surface area contributed by atoms with Crippen molar-refractivity contribution in [2.45, 2.75) is 25.3 Å². The van der Waals surface area contributed by atoms with Gasteiger partial charge in [-0.3, -0.25) is 14.9 Å². The van der Waals surface area contributed by atoms with Crippen LogP contribution in [0.25, 0.3) is 6.08 Å². The molecule has 1 heterocycles. The van der Waals surface area contributed by atoms with Crippen LogP contribution in [0.4, 0.5) is 17.1 Å². The maximum atomic E-state index is 13.8. The number of hydrogen-bond acceptors (Lipinski definition) is 6. The Balaban J connectivity index is 1.54. The third kappa shape index (κ3) is 5.27. The van der Waals surface area contributed by atoms with Gasteiger partial charge in [-0.05, 0) is 78.4 Å². The monoisotopic (exact) mass is 523 g/mol. The van der Waals surface area contributed by atoms with Crippen molar-refractivity contribution in [3.05, 3.63) is 105 Å². The van der Waals surface area contributed by atoms with E-state index in [1.54, 1.807) is 5.01 Å². The van der Waals surface area contributed by atoms with Gasteiger partial charge in [-0.25, -0.2) is 5.01 Å². The standard InChI is InChI=1S/C31H33N5O3/c1-33(2)25-14-8-21(9-15-25)20-24-6-5-7-28-29(24)32-35(30(28)22-10-16-26(17-11-22)34(3)4)31(37)23-12-18-27(19-13-23)36(38)39/h8-20,28,30H,5-7H2,1-4H3/t28-,30+/m1/s1. The van der Waals surface area contributed by atoms with E-state index in [2.05, 4.69) is 59.5 Å². The minimum absolute atomic E-state index is 0.0470. The van der Waals surface area contributed by atoms with E-state index in [0.29, 0.717) is 5.56 Å². The Morgan fingerprint density at radius 3 is 2.08 bits per heavy atom. The van der Waals surface area contributed by atoms with Crippen LogP contribution >= 0.6 is 0 Å². The van der Waals surface area contributed by atoms with Crippen LogP contribution in [0.2, 0.25) is 0 Å². The minimum atomic E-state index is -0.462. The lowest BCUT2D eigenvalue weighted by molar-refractivity contribution is -0.384. The summed E-state index contributed by atoms with van der Waals surface area (Å²) in [6.45, 7) is 0. The van der Waals surface area contributed by atoms with Gasteiger partial charge in [0, 0.05) is 63.2 Å². The van der Waals surface area contributed by atoms with E-state index in [1.165, 1.54) is 24.3 Å². The zero-order valence-electron chi connectivity index (χ0n) is 22.7. The van der Waals surface area contributed by atoms with Crippen LogP contribution in [0.15, 0.2) is 83.5 Å². The summed E-state index contributed by atoms with van der Waals surface area (Å²) in [4.78, 5) is 28.6. The molecule has 8 heteroatoms. The van der Waals surface area contributed by atoms with E-state index < -0.39 is 4.92 Å². The van der Waals surface area contributed by atoms with Crippen molar-refractivity contribution < 1.29 is 9.72 Å². The summed E-state index contributed by atoms with van der Waals surface area (Å²) in [5.41, 5.74) is 6.78. The van der Waals surface area contributed by atoms with Gasteiger partial charge >= 0.3 is 0 Å². The number of carbonyl (C=O) groups excluding carboxylic acids is 1. The van der Waals surface area contributed by atoms with E-state index in [1.807, 2.05) is 33.1 Å². The van der Waals surface area contributed by atoms with Gasteiger partial charge in [-0.1, -0.05) is 24.3 Å². The third-order valence-electron chi connectivity index (χ3n) is 7.54. The Morgan fingerprint density at radius 1 is 0.923 bits per heavy atom. The fourth-order valence-electron chi connectivity index (χ4n) is 5.40. The lowest BCUT2D eigenvalue weighted by Gasteiger charge is -2.30. The van der Waals surface area contributed by atoms with Crippen molar-refractivity contribution in [1.82, 2.24) is 5.01 Å². The van der Waals surface area contributed by atoms with Crippen molar-refractivity contribution in [2.24, 2.45) is 11.0 Å². The molecule has 0 unspecified atom stereocenters. The summed E-state index contributed by atoms with van der Waals surface area (Å²) in [6.07, 6.45) is 5.03. The largest absolute Gasteiger partial charge is 0.378 e. The van der Waals surface area contributed by atoms with Gasteiger partial charge in [0.2, 0.25) is 0 Å². The van der Waals surface area contributed by atoms with Crippen LogP contribution in [0.1, 0.15) is 46.8 Å². The molecule has 3 aromatic rings. The average Bonchev–Trinajstić information content (AvgIpc) is 3.33. The molecule has 200 valence electrons. The number of nitro groups is 1. The molecule has 1 amide bonds. The molecule has 0 radical (unpaired) electrons. The van der Waals surface area contributed by atoms with E-state index in [-0.39, 0.29) is 23.6 Å². The van der Waals surface area contributed by atoms with Crippen molar-refractivity contribution >= 4 is 34.8 Å². The van der Waals surface area contributed by atoms with E-state index >= 15 is 0 Å². The first kappa shape index (κ1) is 26.2. The molecule has 1 aliphatic carbocycles. The minimum Gasteiger partial charge on any atom is -0.378 e. The quantitative estimate of drug-likeness (QED) is 0.285. The topological polar surface area (TPSA) is 82.3 Å². The smallest absolute Gasteiger partial charge is 0.274 e. The van der Waals surface area contributed by atoms with Gasteiger partial charge in [0.1, 0.15) is 0 Å². The Kier molecular flexibility index (Phi) is 7.19. The van der Waals surface area contributed by atoms with Gasteiger partial charge in [-0.15, -0.1) is 0 Å². The average molecular weight is 524 g/mol. The van der Waals surface area contributed by atoms with Crippen LogP contribution in [0.5, 0.6) is 0 Å². The Hall–Kier alpha value is -4.46. The molecule has 0 aromatic heterocycles. The first-order chi connectivity index (χ1) is 18.7. The Morgan fingerprint density at radius 2 is 1.51 bits per heavy atom. The molecule has 8 nitrogen and oxygen atoms in total. The number of hydrogen-bond donors (Lipinski definition) is 0. The summed E-state index contributed by atoms with van der Waals surface area (Å²) in [7, 11) is 8.04. The molecular formula is C31H33N5O3. The molecule has 0 saturated heterocycles. The van der Waals surface area contributed by atoms with E-state index in [9.17, 15) is 14.9 Å². The second-order valence-corrected chi connectivity index (χ2v) is 10.5. The zero-order valence-corrected chi connectivity index (χ0v) is 22.7. The highest BCUT2D eigenvalue weighted by Crippen LogP contribution is 2.45. The van der Waals surface area contributed by atoms with Crippen LogP contribution in [-0.4, -0.2) is 49.7 Å². The summed E-state index contributed by atoms with van der Waals surface area (Å²) in [6, 6.07) is 22.2. The van der Waals surface area contributed by atoms with Crippen molar-refractivity contribution in [1.29, 1.82) is 0 Å². The van der Waals surface area contributed by atoms with Gasteiger partial charge in [-0.2, -0.15) is 5.10 Å². The van der Waals surface area contributed by atoms with Gasteiger partial charge < -0.3 is 9.80 Å². The Labute approximate surface area is 229 Å². The van der Waals surface area contributed by atoms with E-state index in [0.717, 1.165) is 53.0 Å². The summed E-state index contributed by atoms with van der Waals surface area (Å²) < 4.78 is 0. The fourth-order valence-corrected chi connectivity index (χ4v) is 5.40. The molecule has 1 saturated carbocycles. The van der Waals surface area contributed by atoms with Crippen LogP contribution in [0.3, 0.4) is 0 Å². The second kappa shape index (κ2) is 10.7. The maximum Gasteiger partial charge on any atom is 0.274 e. The van der Waals surface area contributed by atoms with Crippen molar-refractivity contribution in [3.63, 3.8) is 0 Å². The molecular weight excluding hydrogens is 490 g/mol. The van der Waals surface area contributed by atoms with Gasteiger partial charge in [0.15, 0.2) is 0 Å². The highest BCUT2D eigenvalue weighted by Gasteiger charge is 2.44. The lowest BCUT2D eigenvalue weighted by Crippen LogP contribution is -2.32. The predicted octanol–water partition coefficient (Wildman–Crippen LogP) is 6.16. The molecule has 0 spiro atoms. The number of amides is 1. The number of nitro benzene ring substituents is 1. The molecule has 5 rings (SSSR count). The molecule has 2 aliphatic rings. The summed E-state index contributed by atoms with van der Waals surface area (Å²) in [5.74, 6) is -0.193. The number of fused-ring (bicyclic) bond motifs is 1. The third-order valence-corrected chi connectivity index (χ3v) is 7.54. The number of anilines is 2. The number of non-ortho nitro benzene ring substituents is 1. The molecule has 3 aromatic carbocycles. The maximum absolute atomic E-state index is 13.8. The molecule has 0 bridgehead atoms. The van der Waals surface area contributed by atoms with Gasteiger partial charge in [0.25, 0.3) is 11.6 Å². The normalized spacial score (nSPS) is 19.4. The second-order valence-electron chi connectivity index (χ2n) is 10.5. The van der Waals surface area contributed by atoms with Crippen LogP contribution in [-0.2, 0) is 0 Å². The lowest BCUT2D eigenvalue weighted by atomic mass is 9.77. The number of hydrazone groups is 1. The predicted molar refractivity (Wildman–Crippen MR) is 156 cm³/mol. The van der Waals surface area contributed by atoms with Crippen LogP contribution in [0, 0.1) is 16.0 Å². The molecule has 1 fully saturated rings. The van der Waals surface area contributed by atoms with Crippen molar-refractivity contribution in [3.8, 4) is 0 Å². The van der Waals surface area contributed by atoms with Crippen LogP contribution < -0.4 is 9.80 Å². The zero-order chi connectivity index (χ0) is 27.7. The highest BCUT2D eigenvalue weighted by molar-refractivity contribution is 6.09. The Bertz CT molecular complexity index is 1420. The highest BCUT2D eigenvalue weighted by atomic mass is 16.6. The number of carbonyl (C=O) groups is 1. The van der Waals surface area contributed by atoms with Crippen molar-refractivity contribution in [2.75, 3.05) is 38.0 Å². The number of benzene rings is 3. The molecule has 1 aliphatic heterocycles. The van der Waals surface area contributed by atoms with E-state index in [4.69, 9.17) is 5.10 Å². The fraction of sp³-hybridized carbons (Fsp3) is 0.290. The molecule has 0 N–H and O–H groups in total. The first-order valence-corrected chi connectivity index (χ1v) is 13.1. The van der Waals surface area contributed by atoms with Gasteiger partial charge in [0.05, 0.1) is 16.7 Å². The summed E-state index contributed by atoms with van der Waals surface area (Å²) >= 11 is 0. The SMILES string of the molecule is CN(C)c1ccc(C=C2CCC[C@@H]3C2=NN(C(=O)c2ccc([N+](=O)[O-])cc2)[C@H]3c2ccc(N(C)C)cc2)cc1. The first-order valence-electron chi connectivity index (χ1n) is 13.1. The number of nitrogens with zero attached hydrogens (tertiary/aromatic N) is 5. The molecule has 39 heavy (non-hydrogen) atoms. The summed E-state index contributed by atoms with van der Waals surface area (Å²) in [5, 5.41) is 17.7. The number of allylic oxidation sites excluding steroid dienone is 1.